The Hall–Kier alpha value is -0.730. The predicted molar refractivity (Wildman–Crippen MR) is 57.8 cm³/mol. The van der Waals surface area contributed by atoms with E-state index in [2.05, 4.69) is 23.6 Å². The Bertz CT molecular complexity index is 244. The highest BCUT2D eigenvalue weighted by Crippen LogP contribution is 2.18. The van der Waals surface area contributed by atoms with E-state index in [0.29, 0.717) is 0 Å². The maximum absolute atomic E-state index is 8.54. The molecular formula is C11H14OS. The molecule has 1 nitrogen and oxygen atoms in total. The van der Waals surface area contributed by atoms with Crippen molar-refractivity contribution < 1.29 is 5.11 Å². The summed E-state index contributed by atoms with van der Waals surface area (Å²) in [5, 5.41) is 10.6. The molecule has 70 valence electrons. The van der Waals surface area contributed by atoms with E-state index in [9.17, 15) is 0 Å². The predicted octanol–water partition coefficient (Wildman–Crippen LogP) is 3.06. The van der Waals surface area contributed by atoms with E-state index in [1.54, 1.807) is 11.8 Å². The lowest BCUT2D eigenvalue weighted by molar-refractivity contribution is 0.289. The van der Waals surface area contributed by atoms with Gasteiger partial charge in [0.1, 0.15) is 0 Å². The average Bonchev–Trinajstić information content (AvgIpc) is 2.19. The molecule has 0 saturated carbocycles. The maximum Gasteiger partial charge on any atom is 0.0433 e. The smallest absolute Gasteiger partial charge is 0.0433 e. The van der Waals surface area contributed by atoms with Crippen LogP contribution in [-0.2, 0) is 0 Å². The summed E-state index contributed by atoms with van der Waals surface area (Å²) in [6.45, 7) is 0.278. The van der Waals surface area contributed by atoms with E-state index in [0.717, 1.165) is 12.8 Å². The second-order valence-corrected chi connectivity index (χ2v) is 3.65. The third-order valence-electron chi connectivity index (χ3n) is 1.57. The average molecular weight is 194 g/mol. The van der Waals surface area contributed by atoms with Crippen LogP contribution in [0.15, 0.2) is 46.7 Å². The monoisotopic (exact) mass is 194 g/mol. The summed E-state index contributed by atoms with van der Waals surface area (Å²) in [6, 6.07) is 10.2. The number of benzene rings is 1. The number of aliphatic hydroxyl groups is 1. The number of aliphatic hydroxyl groups excluding tert-OH is 1. The molecule has 0 atom stereocenters. The third kappa shape index (κ3) is 4.76. The number of hydrogen-bond acceptors (Lipinski definition) is 2. The molecule has 0 aliphatic carbocycles. The van der Waals surface area contributed by atoms with Crippen LogP contribution in [0, 0.1) is 0 Å². The van der Waals surface area contributed by atoms with Crippen LogP contribution in [0.2, 0.25) is 0 Å². The lowest BCUT2D eigenvalue weighted by atomic mass is 10.3. The molecule has 0 saturated heterocycles. The Balaban J connectivity index is 2.23. The van der Waals surface area contributed by atoms with Crippen LogP contribution >= 0.6 is 11.8 Å². The normalized spacial score (nSPS) is 10.8. The molecule has 0 bridgehead atoms. The molecule has 13 heavy (non-hydrogen) atoms. The Morgan fingerprint density at radius 1 is 1.23 bits per heavy atom. The van der Waals surface area contributed by atoms with Gasteiger partial charge in [0.25, 0.3) is 0 Å². The topological polar surface area (TPSA) is 20.2 Å². The molecule has 0 aliphatic heterocycles. The van der Waals surface area contributed by atoms with Crippen molar-refractivity contribution in [2.45, 2.75) is 17.7 Å². The lowest BCUT2D eigenvalue weighted by Crippen LogP contribution is -1.77. The van der Waals surface area contributed by atoms with Crippen molar-refractivity contribution in [3.05, 3.63) is 41.8 Å². The SMILES string of the molecule is OCCCC=CSc1ccccc1. The highest BCUT2D eigenvalue weighted by atomic mass is 32.2. The van der Waals surface area contributed by atoms with Crippen molar-refractivity contribution >= 4 is 11.8 Å². The Morgan fingerprint density at radius 3 is 2.69 bits per heavy atom. The van der Waals surface area contributed by atoms with Gasteiger partial charge in [0, 0.05) is 11.5 Å². The molecule has 0 radical (unpaired) electrons. The molecule has 0 aliphatic rings. The number of rotatable bonds is 5. The molecule has 2 heteroatoms. The van der Waals surface area contributed by atoms with Crippen LogP contribution in [-0.4, -0.2) is 11.7 Å². The number of unbranched alkanes of at least 4 members (excludes halogenated alkanes) is 1. The summed E-state index contributed by atoms with van der Waals surface area (Å²) in [6.07, 6.45) is 3.90. The quantitative estimate of drug-likeness (QED) is 0.574. The van der Waals surface area contributed by atoms with Crippen molar-refractivity contribution in [1.29, 1.82) is 0 Å². The minimum Gasteiger partial charge on any atom is -0.396 e. The minimum atomic E-state index is 0.278. The van der Waals surface area contributed by atoms with Crippen LogP contribution in [0.3, 0.4) is 0 Å². The van der Waals surface area contributed by atoms with Gasteiger partial charge in [-0.2, -0.15) is 0 Å². The van der Waals surface area contributed by atoms with Gasteiger partial charge >= 0.3 is 0 Å². The van der Waals surface area contributed by atoms with Crippen molar-refractivity contribution in [1.82, 2.24) is 0 Å². The van der Waals surface area contributed by atoms with Gasteiger partial charge in [0.05, 0.1) is 0 Å². The van der Waals surface area contributed by atoms with Crippen LogP contribution in [0.4, 0.5) is 0 Å². The second-order valence-electron chi connectivity index (χ2n) is 2.67. The standard InChI is InChI=1S/C11H14OS/c12-9-5-2-6-10-13-11-7-3-1-4-8-11/h1,3-4,6-8,10,12H,2,5,9H2. The first-order valence-electron chi connectivity index (χ1n) is 4.41. The Morgan fingerprint density at radius 2 is 2.00 bits per heavy atom. The molecule has 1 aromatic carbocycles. The van der Waals surface area contributed by atoms with Gasteiger partial charge in [-0.15, -0.1) is 0 Å². The summed E-state index contributed by atoms with van der Waals surface area (Å²) in [5.41, 5.74) is 0. The summed E-state index contributed by atoms with van der Waals surface area (Å²) in [4.78, 5) is 1.25. The van der Waals surface area contributed by atoms with Crippen molar-refractivity contribution in [2.24, 2.45) is 0 Å². The number of allylic oxidation sites excluding steroid dienone is 1. The van der Waals surface area contributed by atoms with E-state index >= 15 is 0 Å². The molecule has 0 heterocycles. The fourth-order valence-corrected chi connectivity index (χ4v) is 1.61. The summed E-state index contributed by atoms with van der Waals surface area (Å²) < 4.78 is 0. The summed E-state index contributed by atoms with van der Waals surface area (Å²) in [5.74, 6) is 0. The molecule has 0 fully saturated rings. The highest BCUT2D eigenvalue weighted by molar-refractivity contribution is 8.02. The van der Waals surface area contributed by atoms with Gasteiger partial charge in [-0.1, -0.05) is 36.0 Å². The van der Waals surface area contributed by atoms with Gasteiger partial charge in [-0.25, -0.2) is 0 Å². The first-order chi connectivity index (χ1) is 6.43. The first kappa shape index (κ1) is 10.4. The van der Waals surface area contributed by atoms with Crippen molar-refractivity contribution in [3.8, 4) is 0 Å². The van der Waals surface area contributed by atoms with Crippen LogP contribution < -0.4 is 0 Å². The van der Waals surface area contributed by atoms with Crippen LogP contribution in [0.5, 0.6) is 0 Å². The van der Waals surface area contributed by atoms with Crippen LogP contribution in [0.1, 0.15) is 12.8 Å². The molecule has 1 aromatic rings. The van der Waals surface area contributed by atoms with E-state index < -0.39 is 0 Å². The van der Waals surface area contributed by atoms with Gasteiger partial charge in [0.15, 0.2) is 0 Å². The zero-order valence-corrected chi connectivity index (χ0v) is 8.33. The van der Waals surface area contributed by atoms with E-state index in [4.69, 9.17) is 5.11 Å². The highest BCUT2D eigenvalue weighted by Gasteiger charge is 1.85. The van der Waals surface area contributed by atoms with Crippen molar-refractivity contribution in [2.75, 3.05) is 6.61 Å². The lowest BCUT2D eigenvalue weighted by Gasteiger charge is -1.93. The molecule has 0 amide bonds. The number of hydrogen-bond donors (Lipinski definition) is 1. The fraction of sp³-hybridized carbons (Fsp3) is 0.273. The minimum absolute atomic E-state index is 0.278. The van der Waals surface area contributed by atoms with Gasteiger partial charge in [-0.05, 0) is 30.4 Å². The van der Waals surface area contributed by atoms with E-state index in [1.807, 2.05) is 18.2 Å². The Kier molecular flexibility index (Phi) is 5.38. The van der Waals surface area contributed by atoms with Crippen molar-refractivity contribution in [3.63, 3.8) is 0 Å². The van der Waals surface area contributed by atoms with Crippen LogP contribution in [0.25, 0.3) is 0 Å². The molecule has 0 spiro atoms. The first-order valence-corrected chi connectivity index (χ1v) is 5.29. The largest absolute Gasteiger partial charge is 0.396 e. The third-order valence-corrected chi connectivity index (χ3v) is 2.45. The van der Waals surface area contributed by atoms with E-state index in [-0.39, 0.29) is 6.61 Å². The maximum atomic E-state index is 8.54. The fourth-order valence-electron chi connectivity index (χ4n) is 0.903. The second kappa shape index (κ2) is 6.75. The summed E-state index contributed by atoms with van der Waals surface area (Å²) in [7, 11) is 0. The molecule has 1 rings (SSSR count). The zero-order chi connectivity index (χ0) is 9.36. The molecule has 0 unspecified atom stereocenters. The Labute approximate surface area is 83.5 Å². The molecule has 1 N–H and O–H groups in total. The van der Waals surface area contributed by atoms with E-state index in [1.165, 1.54) is 4.90 Å². The molecule has 0 aromatic heterocycles. The summed E-state index contributed by atoms with van der Waals surface area (Å²) >= 11 is 1.71. The molecular weight excluding hydrogens is 180 g/mol. The number of thioether (sulfide) groups is 1. The zero-order valence-electron chi connectivity index (χ0n) is 7.52. The van der Waals surface area contributed by atoms with Gasteiger partial charge < -0.3 is 5.11 Å². The van der Waals surface area contributed by atoms with Gasteiger partial charge in [-0.3, -0.25) is 0 Å². The van der Waals surface area contributed by atoms with Gasteiger partial charge in [0.2, 0.25) is 0 Å².